The molecule has 4 nitrogen and oxygen atoms in total. The van der Waals surface area contributed by atoms with E-state index in [0.717, 1.165) is 11.3 Å². The number of thiophene rings is 1. The molecular weight excluding hydrogens is 337 g/mol. The van der Waals surface area contributed by atoms with Crippen molar-refractivity contribution >= 4 is 27.1 Å². The van der Waals surface area contributed by atoms with Gasteiger partial charge in [0.05, 0.1) is 0 Å². The number of rotatable bonds is 7. The summed E-state index contributed by atoms with van der Waals surface area (Å²) in [6, 6.07) is 8.52. The van der Waals surface area contributed by atoms with Crippen molar-refractivity contribution in [2.75, 3.05) is 6.54 Å². The Balaban J connectivity index is 2.31. The predicted octanol–water partition coefficient (Wildman–Crippen LogP) is 3.32. The molecule has 1 amide bonds. The standard InChI is InChI=1S/C16H18FNO3S2/c1-2-4-15(19)18-11-14(12-6-8-13(17)9-7-12)23(20,21)16-5-3-10-22-16/h3,5-10,14H,2,4,11H2,1H3,(H,18,19). The van der Waals surface area contributed by atoms with Crippen LogP contribution in [0.5, 0.6) is 0 Å². The summed E-state index contributed by atoms with van der Waals surface area (Å²) in [6.45, 7) is 1.84. The highest BCUT2D eigenvalue weighted by Gasteiger charge is 2.30. The van der Waals surface area contributed by atoms with Gasteiger partial charge in [-0.3, -0.25) is 4.79 Å². The number of carbonyl (C=O) groups excluding carboxylic acids is 1. The van der Waals surface area contributed by atoms with E-state index in [1.807, 2.05) is 6.92 Å². The summed E-state index contributed by atoms with van der Waals surface area (Å²) in [7, 11) is -3.65. The fourth-order valence-corrected chi connectivity index (χ4v) is 5.04. The molecule has 0 aliphatic heterocycles. The Kier molecular flexibility index (Phi) is 5.90. The SMILES string of the molecule is CCCC(=O)NCC(c1ccc(F)cc1)S(=O)(=O)c1cccs1. The van der Waals surface area contributed by atoms with E-state index in [1.165, 1.54) is 30.3 Å². The molecule has 124 valence electrons. The monoisotopic (exact) mass is 355 g/mol. The van der Waals surface area contributed by atoms with Crippen LogP contribution in [0.15, 0.2) is 46.0 Å². The van der Waals surface area contributed by atoms with E-state index in [4.69, 9.17) is 0 Å². The lowest BCUT2D eigenvalue weighted by atomic mass is 10.1. The van der Waals surface area contributed by atoms with Gasteiger partial charge >= 0.3 is 0 Å². The molecule has 1 N–H and O–H groups in total. The molecule has 0 saturated heterocycles. The largest absolute Gasteiger partial charge is 0.354 e. The van der Waals surface area contributed by atoms with Crippen molar-refractivity contribution < 1.29 is 17.6 Å². The predicted molar refractivity (Wildman–Crippen MR) is 88.6 cm³/mol. The van der Waals surface area contributed by atoms with Crippen molar-refractivity contribution in [2.45, 2.75) is 29.2 Å². The molecule has 1 heterocycles. The molecule has 0 fully saturated rings. The minimum Gasteiger partial charge on any atom is -0.354 e. The Labute approximate surface area is 139 Å². The van der Waals surface area contributed by atoms with Crippen LogP contribution in [0.25, 0.3) is 0 Å². The van der Waals surface area contributed by atoms with Crippen LogP contribution >= 0.6 is 11.3 Å². The molecule has 0 spiro atoms. The maximum absolute atomic E-state index is 13.1. The van der Waals surface area contributed by atoms with Gasteiger partial charge in [0.15, 0.2) is 9.84 Å². The second kappa shape index (κ2) is 7.70. The van der Waals surface area contributed by atoms with Gasteiger partial charge in [-0.05, 0) is 35.6 Å². The topological polar surface area (TPSA) is 63.2 Å². The molecular formula is C16H18FNO3S2. The molecule has 1 unspecified atom stereocenters. The first-order chi connectivity index (χ1) is 10.9. The minimum absolute atomic E-state index is 0.0370. The number of benzene rings is 1. The zero-order valence-corrected chi connectivity index (χ0v) is 14.3. The van der Waals surface area contributed by atoms with Crippen molar-refractivity contribution in [2.24, 2.45) is 0 Å². The normalized spacial score (nSPS) is 12.8. The Morgan fingerprint density at radius 2 is 1.96 bits per heavy atom. The van der Waals surface area contributed by atoms with Gasteiger partial charge < -0.3 is 5.32 Å². The lowest BCUT2D eigenvalue weighted by Gasteiger charge is -2.18. The maximum Gasteiger partial charge on any atom is 0.220 e. The lowest BCUT2D eigenvalue weighted by molar-refractivity contribution is -0.121. The Morgan fingerprint density at radius 1 is 1.26 bits per heavy atom. The summed E-state index contributed by atoms with van der Waals surface area (Å²) in [5, 5.41) is 3.40. The summed E-state index contributed by atoms with van der Waals surface area (Å²) in [4.78, 5) is 11.7. The number of amides is 1. The molecule has 2 rings (SSSR count). The fourth-order valence-electron chi connectivity index (χ4n) is 2.17. The van der Waals surface area contributed by atoms with E-state index in [-0.39, 0.29) is 16.7 Å². The molecule has 0 saturated carbocycles. The van der Waals surface area contributed by atoms with Gasteiger partial charge in [-0.2, -0.15) is 0 Å². The fraction of sp³-hybridized carbons (Fsp3) is 0.312. The van der Waals surface area contributed by atoms with Crippen LogP contribution in [0.3, 0.4) is 0 Å². The highest BCUT2D eigenvalue weighted by atomic mass is 32.2. The second-order valence-electron chi connectivity index (χ2n) is 5.07. The highest BCUT2D eigenvalue weighted by molar-refractivity contribution is 7.93. The first-order valence-corrected chi connectivity index (χ1v) is 9.67. The van der Waals surface area contributed by atoms with Gasteiger partial charge in [0.2, 0.25) is 5.91 Å². The highest BCUT2D eigenvalue weighted by Crippen LogP contribution is 2.31. The molecule has 0 aliphatic carbocycles. The van der Waals surface area contributed by atoms with Crippen molar-refractivity contribution in [3.63, 3.8) is 0 Å². The number of nitrogens with one attached hydrogen (secondary N) is 1. The van der Waals surface area contributed by atoms with Crippen molar-refractivity contribution in [1.29, 1.82) is 0 Å². The Bertz CT molecular complexity index is 740. The van der Waals surface area contributed by atoms with Gasteiger partial charge in [0.1, 0.15) is 15.3 Å². The van der Waals surface area contributed by atoms with Gasteiger partial charge in [-0.15, -0.1) is 11.3 Å². The quantitative estimate of drug-likeness (QED) is 0.829. The third-order valence-electron chi connectivity index (χ3n) is 3.35. The van der Waals surface area contributed by atoms with Crippen LogP contribution in [-0.2, 0) is 14.6 Å². The Morgan fingerprint density at radius 3 is 2.52 bits per heavy atom. The van der Waals surface area contributed by atoms with Crippen LogP contribution in [0.2, 0.25) is 0 Å². The lowest BCUT2D eigenvalue weighted by Crippen LogP contribution is -2.31. The van der Waals surface area contributed by atoms with Crippen LogP contribution in [-0.4, -0.2) is 20.9 Å². The summed E-state index contributed by atoms with van der Waals surface area (Å²) in [5.41, 5.74) is 0.455. The molecule has 0 radical (unpaired) electrons. The van der Waals surface area contributed by atoms with E-state index in [2.05, 4.69) is 5.32 Å². The van der Waals surface area contributed by atoms with Gasteiger partial charge in [-0.1, -0.05) is 25.1 Å². The van der Waals surface area contributed by atoms with Crippen molar-refractivity contribution in [3.05, 3.63) is 53.2 Å². The number of halogens is 1. The average molecular weight is 355 g/mol. The zero-order chi connectivity index (χ0) is 16.9. The first-order valence-electron chi connectivity index (χ1n) is 7.24. The molecule has 1 aromatic heterocycles. The first kappa shape index (κ1) is 17.6. The smallest absolute Gasteiger partial charge is 0.220 e. The summed E-state index contributed by atoms with van der Waals surface area (Å²) >= 11 is 1.13. The van der Waals surface area contributed by atoms with Gasteiger partial charge in [0.25, 0.3) is 0 Å². The average Bonchev–Trinajstić information content (AvgIpc) is 3.04. The molecule has 7 heteroatoms. The van der Waals surface area contributed by atoms with Crippen molar-refractivity contribution in [1.82, 2.24) is 5.32 Å². The number of hydrogen-bond donors (Lipinski definition) is 1. The Hall–Kier alpha value is -1.73. The van der Waals surface area contributed by atoms with E-state index in [9.17, 15) is 17.6 Å². The minimum atomic E-state index is -3.65. The number of hydrogen-bond acceptors (Lipinski definition) is 4. The van der Waals surface area contributed by atoms with E-state index in [1.54, 1.807) is 11.4 Å². The molecule has 2 aromatic rings. The number of sulfone groups is 1. The summed E-state index contributed by atoms with van der Waals surface area (Å²) in [6.07, 6.45) is 1.03. The maximum atomic E-state index is 13.1. The van der Waals surface area contributed by atoms with Crippen LogP contribution in [0.1, 0.15) is 30.6 Å². The van der Waals surface area contributed by atoms with Gasteiger partial charge in [-0.25, -0.2) is 12.8 Å². The summed E-state index contributed by atoms with van der Waals surface area (Å²) in [5.74, 6) is -0.628. The molecule has 1 atom stereocenters. The van der Waals surface area contributed by atoms with Crippen LogP contribution < -0.4 is 5.32 Å². The van der Waals surface area contributed by atoms with E-state index < -0.39 is 20.9 Å². The third-order valence-corrected chi connectivity index (χ3v) is 6.89. The third kappa shape index (κ3) is 4.39. The van der Waals surface area contributed by atoms with Crippen LogP contribution in [0, 0.1) is 5.82 Å². The molecule has 23 heavy (non-hydrogen) atoms. The molecule has 1 aromatic carbocycles. The van der Waals surface area contributed by atoms with Gasteiger partial charge in [0, 0.05) is 13.0 Å². The van der Waals surface area contributed by atoms with E-state index in [0.29, 0.717) is 18.4 Å². The molecule has 0 bridgehead atoms. The number of carbonyl (C=O) groups is 1. The van der Waals surface area contributed by atoms with E-state index >= 15 is 0 Å². The zero-order valence-electron chi connectivity index (χ0n) is 12.7. The summed E-state index contributed by atoms with van der Waals surface area (Å²) < 4.78 is 39.0. The second-order valence-corrected chi connectivity index (χ2v) is 8.38. The van der Waals surface area contributed by atoms with Crippen molar-refractivity contribution in [3.8, 4) is 0 Å². The molecule has 0 aliphatic rings. The van der Waals surface area contributed by atoms with Crippen LogP contribution in [0.4, 0.5) is 4.39 Å².